The van der Waals surface area contributed by atoms with Crippen molar-refractivity contribution in [1.29, 1.82) is 0 Å². The number of fused-ring (bicyclic) bond motifs is 4. The SMILES string of the molecule is COC(=O)N(C)CC1CCC2C(O1)C(O)C1(N)C3CCC4C(C)(C)C(O)CCC45CCC35CCC21C. The summed E-state index contributed by atoms with van der Waals surface area (Å²) in [6.45, 7) is 7.40. The first-order valence-electron chi connectivity index (χ1n) is 14.5. The molecule has 5 saturated carbocycles. The molecule has 204 valence electrons. The Kier molecular flexibility index (Phi) is 5.52. The Bertz CT molecular complexity index is 927. The van der Waals surface area contributed by atoms with E-state index in [0.29, 0.717) is 18.4 Å². The summed E-state index contributed by atoms with van der Waals surface area (Å²) in [7, 11) is 3.13. The first-order chi connectivity index (χ1) is 16.9. The van der Waals surface area contributed by atoms with Crippen molar-refractivity contribution < 1.29 is 24.5 Å². The lowest BCUT2D eigenvalue weighted by molar-refractivity contribution is -0.298. The van der Waals surface area contributed by atoms with Crippen molar-refractivity contribution in [2.24, 2.45) is 45.1 Å². The van der Waals surface area contributed by atoms with Crippen LogP contribution in [0.15, 0.2) is 0 Å². The molecule has 0 aromatic carbocycles. The quantitative estimate of drug-likeness (QED) is 0.530. The van der Waals surface area contributed by atoms with Crippen LogP contribution >= 0.6 is 0 Å². The lowest BCUT2D eigenvalue weighted by atomic mass is 9.27. The first kappa shape index (κ1) is 25.4. The fraction of sp³-hybridized carbons (Fsp3) is 0.966. The highest BCUT2D eigenvalue weighted by Gasteiger charge is 2.80. The molecule has 36 heavy (non-hydrogen) atoms. The summed E-state index contributed by atoms with van der Waals surface area (Å²) in [4.78, 5) is 13.5. The van der Waals surface area contributed by atoms with Crippen LogP contribution in [0, 0.1) is 39.4 Å². The van der Waals surface area contributed by atoms with Gasteiger partial charge in [0, 0.05) is 13.6 Å². The van der Waals surface area contributed by atoms with E-state index >= 15 is 0 Å². The minimum atomic E-state index is -0.697. The standard InChI is InChI=1S/C29H48N2O5/c1-25(2)19-8-9-20-28(15-14-27(19,28)11-10-21(25)32)13-12-26(3)18-7-6-17(16-31(4)24(34)35-5)36-22(18)23(33)29(20,26)30/h17-23,32-33H,6-16,30H2,1-5H3. The molecule has 1 heterocycles. The largest absolute Gasteiger partial charge is 0.453 e. The number of amides is 1. The Morgan fingerprint density at radius 1 is 0.972 bits per heavy atom. The van der Waals surface area contributed by atoms with Crippen LogP contribution in [0.2, 0.25) is 0 Å². The maximum absolute atomic E-state index is 12.1. The highest BCUT2D eigenvalue weighted by Crippen LogP contribution is 2.82. The molecule has 0 aromatic rings. The molecule has 0 bridgehead atoms. The third-order valence-corrected chi connectivity index (χ3v) is 13.5. The molecule has 7 nitrogen and oxygen atoms in total. The topological polar surface area (TPSA) is 105 Å². The van der Waals surface area contributed by atoms with Gasteiger partial charge in [0.2, 0.25) is 0 Å². The minimum absolute atomic E-state index is 0.0660. The summed E-state index contributed by atoms with van der Waals surface area (Å²) < 4.78 is 11.5. The van der Waals surface area contributed by atoms with Gasteiger partial charge in [-0.15, -0.1) is 0 Å². The molecule has 1 saturated heterocycles. The Balaban J connectivity index is 1.31. The molecule has 1 amide bonds. The second-order valence-corrected chi connectivity index (χ2v) is 14.4. The van der Waals surface area contributed by atoms with E-state index in [4.69, 9.17) is 15.2 Å². The fourth-order valence-electron chi connectivity index (χ4n) is 11.6. The molecular formula is C29H48N2O5. The predicted octanol–water partition coefficient (Wildman–Crippen LogP) is 3.69. The molecule has 6 rings (SSSR count). The van der Waals surface area contributed by atoms with Gasteiger partial charge in [-0.25, -0.2) is 4.79 Å². The van der Waals surface area contributed by atoms with Crippen molar-refractivity contribution in [2.75, 3.05) is 20.7 Å². The van der Waals surface area contributed by atoms with Crippen LogP contribution in [0.1, 0.15) is 85.0 Å². The van der Waals surface area contributed by atoms with E-state index in [1.165, 1.54) is 26.4 Å². The van der Waals surface area contributed by atoms with Gasteiger partial charge in [0.1, 0.15) is 0 Å². The average molecular weight is 505 g/mol. The summed E-state index contributed by atoms with van der Waals surface area (Å²) in [5.41, 5.74) is 7.16. The number of aliphatic hydroxyl groups is 2. The monoisotopic (exact) mass is 504 g/mol. The molecule has 11 unspecified atom stereocenters. The Hall–Kier alpha value is -0.890. The van der Waals surface area contributed by atoms with Crippen molar-refractivity contribution in [2.45, 2.75) is 115 Å². The number of hydrogen-bond donors (Lipinski definition) is 3. The van der Waals surface area contributed by atoms with E-state index in [-0.39, 0.29) is 52.0 Å². The second-order valence-electron chi connectivity index (χ2n) is 14.4. The number of carbonyl (C=O) groups is 1. The molecule has 6 fully saturated rings. The van der Waals surface area contributed by atoms with Gasteiger partial charge < -0.3 is 30.3 Å². The molecule has 2 spiro atoms. The normalized spacial score (nSPS) is 54.6. The van der Waals surface area contributed by atoms with Gasteiger partial charge in [-0.1, -0.05) is 20.8 Å². The molecular weight excluding hydrogens is 456 g/mol. The van der Waals surface area contributed by atoms with Gasteiger partial charge in [-0.2, -0.15) is 0 Å². The molecule has 7 heteroatoms. The van der Waals surface area contributed by atoms with Gasteiger partial charge in [0.25, 0.3) is 0 Å². The number of nitrogens with two attached hydrogens (primary N) is 1. The number of ether oxygens (including phenoxy) is 2. The molecule has 11 atom stereocenters. The fourth-order valence-corrected chi connectivity index (χ4v) is 11.6. The molecule has 0 aromatic heterocycles. The maximum Gasteiger partial charge on any atom is 0.409 e. The smallest absolute Gasteiger partial charge is 0.409 e. The summed E-state index contributed by atoms with van der Waals surface area (Å²) in [5, 5.41) is 23.0. The van der Waals surface area contributed by atoms with Crippen molar-refractivity contribution in [3.8, 4) is 0 Å². The highest BCUT2D eigenvalue weighted by molar-refractivity contribution is 5.66. The maximum atomic E-state index is 12.1. The van der Waals surface area contributed by atoms with Crippen LogP contribution in [-0.2, 0) is 9.47 Å². The zero-order valence-corrected chi connectivity index (χ0v) is 23.0. The van der Waals surface area contributed by atoms with E-state index in [0.717, 1.165) is 44.9 Å². The summed E-state index contributed by atoms with van der Waals surface area (Å²) >= 11 is 0. The molecule has 4 N–H and O–H groups in total. The Morgan fingerprint density at radius 3 is 2.28 bits per heavy atom. The first-order valence-corrected chi connectivity index (χ1v) is 14.5. The number of likely N-dealkylation sites (N-methyl/N-ethyl adjacent to an activating group) is 1. The number of nitrogens with zero attached hydrogens (tertiary/aromatic N) is 1. The molecule has 6 aliphatic rings. The van der Waals surface area contributed by atoms with Crippen LogP contribution in [0.5, 0.6) is 0 Å². The average Bonchev–Trinajstić information content (AvgIpc) is 3.01. The van der Waals surface area contributed by atoms with Gasteiger partial charge in [0.05, 0.1) is 37.1 Å². The molecule has 1 aliphatic heterocycles. The summed E-state index contributed by atoms with van der Waals surface area (Å²) in [5.74, 6) is 1.06. The van der Waals surface area contributed by atoms with Gasteiger partial charge in [0.15, 0.2) is 0 Å². The number of hydrogen-bond acceptors (Lipinski definition) is 6. The number of carbonyl (C=O) groups excluding carboxylic acids is 1. The van der Waals surface area contributed by atoms with Crippen molar-refractivity contribution in [3.05, 3.63) is 0 Å². The van der Waals surface area contributed by atoms with Crippen molar-refractivity contribution >= 4 is 6.09 Å². The lowest BCUT2D eigenvalue weighted by Crippen LogP contribution is -2.78. The Labute approximate surface area is 216 Å². The number of methoxy groups -OCH3 is 1. The van der Waals surface area contributed by atoms with E-state index in [9.17, 15) is 15.0 Å². The number of aliphatic hydroxyl groups excluding tert-OH is 2. The second kappa shape index (κ2) is 7.83. The Morgan fingerprint density at radius 2 is 1.61 bits per heavy atom. The van der Waals surface area contributed by atoms with Crippen LogP contribution in [-0.4, -0.2) is 71.9 Å². The molecule has 0 radical (unpaired) electrons. The number of rotatable bonds is 2. The van der Waals surface area contributed by atoms with E-state index in [1.54, 1.807) is 11.9 Å². The third kappa shape index (κ3) is 2.77. The zero-order valence-electron chi connectivity index (χ0n) is 23.0. The van der Waals surface area contributed by atoms with Crippen molar-refractivity contribution in [3.63, 3.8) is 0 Å². The van der Waals surface area contributed by atoms with Gasteiger partial charge >= 0.3 is 6.09 Å². The van der Waals surface area contributed by atoms with Crippen molar-refractivity contribution in [1.82, 2.24) is 4.90 Å². The van der Waals surface area contributed by atoms with Crippen LogP contribution in [0.4, 0.5) is 4.79 Å². The van der Waals surface area contributed by atoms with Crippen LogP contribution in [0.25, 0.3) is 0 Å². The van der Waals surface area contributed by atoms with E-state index in [2.05, 4.69) is 20.8 Å². The van der Waals surface area contributed by atoms with E-state index in [1.807, 2.05) is 0 Å². The predicted molar refractivity (Wildman–Crippen MR) is 136 cm³/mol. The third-order valence-electron chi connectivity index (χ3n) is 13.5. The van der Waals surface area contributed by atoms with Gasteiger partial charge in [-0.05, 0) is 104 Å². The summed E-state index contributed by atoms with van der Waals surface area (Å²) in [6, 6.07) is 0. The lowest BCUT2D eigenvalue weighted by Gasteiger charge is -2.78. The van der Waals surface area contributed by atoms with Crippen LogP contribution in [0.3, 0.4) is 0 Å². The summed E-state index contributed by atoms with van der Waals surface area (Å²) in [6.07, 6.45) is 9.00. The van der Waals surface area contributed by atoms with E-state index < -0.39 is 11.6 Å². The van der Waals surface area contributed by atoms with Crippen LogP contribution < -0.4 is 5.73 Å². The molecule has 5 aliphatic carbocycles. The highest BCUT2D eigenvalue weighted by atomic mass is 16.5. The zero-order chi connectivity index (χ0) is 25.9. The minimum Gasteiger partial charge on any atom is -0.453 e. The van der Waals surface area contributed by atoms with Gasteiger partial charge in [-0.3, -0.25) is 0 Å².